The molecule has 0 aliphatic carbocycles. The van der Waals surface area contributed by atoms with Gasteiger partial charge in [-0.15, -0.1) is 10.2 Å². The van der Waals surface area contributed by atoms with Crippen LogP contribution in [-0.4, -0.2) is 44.5 Å². The van der Waals surface area contributed by atoms with Gasteiger partial charge < -0.3 is 9.67 Å². The third-order valence-electron chi connectivity index (χ3n) is 4.27. The molecular formula is C13H22N4O. The maximum absolute atomic E-state index is 9.15. The quantitative estimate of drug-likeness (QED) is 0.863. The minimum absolute atomic E-state index is 0.341. The first-order chi connectivity index (χ1) is 8.86. The van der Waals surface area contributed by atoms with E-state index in [1.165, 1.54) is 18.7 Å². The molecular weight excluding hydrogens is 228 g/mol. The summed E-state index contributed by atoms with van der Waals surface area (Å²) in [7, 11) is 0. The second kappa shape index (κ2) is 5.36. The zero-order valence-corrected chi connectivity index (χ0v) is 10.9. The van der Waals surface area contributed by atoms with Crippen molar-refractivity contribution in [3.63, 3.8) is 0 Å². The van der Waals surface area contributed by atoms with Crippen LogP contribution in [0.3, 0.4) is 0 Å². The molecule has 0 bridgehead atoms. The standard InChI is InChI=1S/C13H22N4O/c18-10-11-4-7-16(8-5-11)9-13-15-14-12-3-1-2-6-17(12)13/h11,18H,1-10H2. The average Bonchev–Trinajstić information content (AvgIpc) is 2.83. The van der Waals surface area contributed by atoms with Crippen LogP contribution in [0.25, 0.3) is 0 Å². The molecule has 2 aliphatic rings. The summed E-state index contributed by atoms with van der Waals surface area (Å²) in [6.45, 7) is 4.50. The minimum atomic E-state index is 0.341. The Morgan fingerprint density at radius 1 is 1.11 bits per heavy atom. The Morgan fingerprint density at radius 3 is 2.72 bits per heavy atom. The lowest BCUT2D eigenvalue weighted by atomic mass is 9.98. The fourth-order valence-corrected chi connectivity index (χ4v) is 3.01. The Kier molecular flexibility index (Phi) is 3.61. The maximum atomic E-state index is 9.15. The zero-order chi connectivity index (χ0) is 12.4. The van der Waals surface area contributed by atoms with Gasteiger partial charge in [-0.05, 0) is 44.7 Å². The summed E-state index contributed by atoms with van der Waals surface area (Å²) in [5.41, 5.74) is 0. The van der Waals surface area contributed by atoms with Crippen molar-refractivity contribution in [3.8, 4) is 0 Å². The summed E-state index contributed by atoms with van der Waals surface area (Å²) in [6.07, 6.45) is 5.80. The highest BCUT2D eigenvalue weighted by Gasteiger charge is 2.22. The Morgan fingerprint density at radius 2 is 1.94 bits per heavy atom. The third-order valence-corrected chi connectivity index (χ3v) is 4.27. The Hall–Kier alpha value is -0.940. The smallest absolute Gasteiger partial charge is 0.147 e. The van der Waals surface area contributed by atoms with Gasteiger partial charge in [0.2, 0.25) is 0 Å². The van der Waals surface area contributed by atoms with Crippen LogP contribution in [-0.2, 0) is 19.5 Å². The molecule has 0 amide bonds. The third kappa shape index (κ3) is 2.42. The number of aliphatic hydroxyl groups excluding tert-OH is 1. The van der Waals surface area contributed by atoms with E-state index in [-0.39, 0.29) is 0 Å². The monoisotopic (exact) mass is 250 g/mol. The van der Waals surface area contributed by atoms with E-state index in [2.05, 4.69) is 19.7 Å². The molecule has 0 spiro atoms. The van der Waals surface area contributed by atoms with Gasteiger partial charge in [0, 0.05) is 19.6 Å². The highest BCUT2D eigenvalue weighted by atomic mass is 16.3. The largest absolute Gasteiger partial charge is 0.396 e. The number of hydrogen-bond acceptors (Lipinski definition) is 4. The van der Waals surface area contributed by atoms with Crippen molar-refractivity contribution < 1.29 is 5.11 Å². The van der Waals surface area contributed by atoms with Crippen LogP contribution in [0, 0.1) is 5.92 Å². The first kappa shape index (κ1) is 12.1. The van der Waals surface area contributed by atoms with Gasteiger partial charge in [0.1, 0.15) is 11.6 Å². The molecule has 3 rings (SSSR count). The first-order valence-corrected chi connectivity index (χ1v) is 7.11. The molecule has 1 aromatic heterocycles. The number of nitrogens with zero attached hydrogens (tertiary/aromatic N) is 4. The molecule has 1 fully saturated rings. The molecule has 5 nitrogen and oxygen atoms in total. The average molecular weight is 250 g/mol. The maximum Gasteiger partial charge on any atom is 0.147 e. The van der Waals surface area contributed by atoms with E-state index < -0.39 is 0 Å². The van der Waals surface area contributed by atoms with E-state index in [0.717, 1.165) is 51.3 Å². The zero-order valence-electron chi connectivity index (χ0n) is 10.9. The van der Waals surface area contributed by atoms with Crippen LogP contribution in [0.1, 0.15) is 37.3 Å². The van der Waals surface area contributed by atoms with Gasteiger partial charge in [-0.25, -0.2) is 0 Å². The Labute approximate surface area is 108 Å². The highest BCUT2D eigenvalue weighted by Crippen LogP contribution is 2.20. The Balaban J connectivity index is 1.61. The second-order valence-electron chi connectivity index (χ2n) is 5.54. The van der Waals surface area contributed by atoms with E-state index in [0.29, 0.717) is 12.5 Å². The number of piperidine rings is 1. The SMILES string of the molecule is OCC1CCN(Cc2nnc3n2CCCC3)CC1. The van der Waals surface area contributed by atoms with E-state index in [1.54, 1.807) is 0 Å². The summed E-state index contributed by atoms with van der Waals surface area (Å²) in [5.74, 6) is 2.81. The van der Waals surface area contributed by atoms with Crippen molar-refractivity contribution in [1.29, 1.82) is 0 Å². The van der Waals surface area contributed by atoms with Crippen molar-refractivity contribution in [1.82, 2.24) is 19.7 Å². The van der Waals surface area contributed by atoms with E-state index >= 15 is 0 Å². The second-order valence-corrected chi connectivity index (χ2v) is 5.54. The highest BCUT2D eigenvalue weighted by molar-refractivity contribution is 4.99. The molecule has 1 aromatic rings. The van der Waals surface area contributed by atoms with Gasteiger partial charge >= 0.3 is 0 Å². The van der Waals surface area contributed by atoms with Gasteiger partial charge in [-0.2, -0.15) is 0 Å². The summed E-state index contributed by atoms with van der Waals surface area (Å²) < 4.78 is 2.31. The van der Waals surface area contributed by atoms with Crippen LogP contribution in [0.5, 0.6) is 0 Å². The summed E-state index contributed by atoms with van der Waals surface area (Å²) in [4.78, 5) is 2.44. The first-order valence-electron chi connectivity index (χ1n) is 7.11. The fourth-order valence-electron chi connectivity index (χ4n) is 3.01. The molecule has 0 aromatic carbocycles. The lowest BCUT2D eigenvalue weighted by molar-refractivity contribution is 0.124. The summed E-state index contributed by atoms with van der Waals surface area (Å²) >= 11 is 0. The molecule has 1 saturated heterocycles. The van der Waals surface area contributed by atoms with Gasteiger partial charge in [-0.1, -0.05) is 0 Å². The molecule has 18 heavy (non-hydrogen) atoms. The van der Waals surface area contributed by atoms with E-state index in [1.807, 2.05) is 0 Å². The molecule has 2 aliphatic heterocycles. The number of aromatic nitrogens is 3. The van der Waals surface area contributed by atoms with Crippen molar-refractivity contribution in [2.75, 3.05) is 19.7 Å². The summed E-state index contributed by atoms with van der Waals surface area (Å²) in [6, 6.07) is 0. The van der Waals surface area contributed by atoms with Crippen LogP contribution < -0.4 is 0 Å². The molecule has 0 radical (unpaired) electrons. The van der Waals surface area contributed by atoms with Crippen LogP contribution in [0.15, 0.2) is 0 Å². The fraction of sp³-hybridized carbons (Fsp3) is 0.846. The van der Waals surface area contributed by atoms with Crippen molar-refractivity contribution in [3.05, 3.63) is 11.6 Å². The van der Waals surface area contributed by atoms with Gasteiger partial charge in [-0.3, -0.25) is 4.90 Å². The lowest BCUT2D eigenvalue weighted by Crippen LogP contribution is -2.35. The number of hydrogen-bond donors (Lipinski definition) is 1. The number of aliphatic hydroxyl groups is 1. The number of rotatable bonds is 3. The molecule has 0 saturated carbocycles. The van der Waals surface area contributed by atoms with Gasteiger partial charge in [0.15, 0.2) is 0 Å². The van der Waals surface area contributed by atoms with Crippen LogP contribution in [0.4, 0.5) is 0 Å². The Bertz CT molecular complexity index is 396. The molecule has 3 heterocycles. The topological polar surface area (TPSA) is 54.2 Å². The predicted octanol–water partition coefficient (Wildman–Crippen LogP) is 0.819. The molecule has 0 unspecified atom stereocenters. The van der Waals surface area contributed by atoms with Crippen molar-refractivity contribution in [2.45, 2.75) is 45.2 Å². The summed E-state index contributed by atoms with van der Waals surface area (Å²) in [5, 5.41) is 17.8. The van der Waals surface area contributed by atoms with Crippen molar-refractivity contribution >= 4 is 0 Å². The predicted molar refractivity (Wildman–Crippen MR) is 68.0 cm³/mol. The number of aryl methyl sites for hydroxylation is 1. The molecule has 0 atom stereocenters. The minimum Gasteiger partial charge on any atom is -0.396 e. The van der Waals surface area contributed by atoms with Crippen molar-refractivity contribution in [2.24, 2.45) is 5.92 Å². The number of fused-ring (bicyclic) bond motifs is 1. The normalized spacial score (nSPS) is 22.1. The molecule has 100 valence electrons. The molecule has 1 N–H and O–H groups in total. The molecule has 5 heteroatoms. The van der Waals surface area contributed by atoms with Gasteiger partial charge in [0.05, 0.1) is 6.54 Å². The van der Waals surface area contributed by atoms with E-state index in [4.69, 9.17) is 5.11 Å². The van der Waals surface area contributed by atoms with Crippen LogP contribution >= 0.6 is 0 Å². The lowest BCUT2D eigenvalue weighted by Gasteiger charge is -2.30. The van der Waals surface area contributed by atoms with Crippen LogP contribution in [0.2, 0.25) is 0 Å². The number of likely N-dealkylation sites (tertiary alicyclic amines) is 1. The van der Waals surface area contributed by atoms with Gasteiger partial charge in [0.25, 0.3) is 0 Å². The van der Waals surface area contributed by atoms with E-state index in [9.17, 15) is 0 Å².